The molecule has 0 radical (unpaired) electrons. The summed E-state index contributed by atoms with van der Waals surface area (Å²) in [4.78, 5) is 33.9. The molecule has 29 heavy (non-hydrogen) atoms. The Kier molecular flexibility index (Phi) is 5.87. The van der Waals surface area contributed by atoms with E-state index in [9.17, 15) is 24.8 Å². The van der Waals surface area contributed by atoms with Gasteiger partial charge in [0.2, 0.25) is 5.91 Å². The smallest absolute Gasteiger partial charge is 0.269 e. The number of hydrazone groups is 1. The highest BCUT2D eigenvalue weighted by molar-refractivity contribution is 6.03. The number of methoxy groups -OCH3 is 1. The van der Waals surface area contributed by atoms with Gasteiger partial charge >= 0.3 is 0 Å². The maximum absolute atomic E-state index is 12.6. The molecule has 0 saturated heterocycles. The van der Waals surface area contributed by atoms with Crippen LogP contribution in [0.4, 0.5) is 5.69 Å². The highest BCUT2D eigenvalue weighted by Gasteiger charge is 2.33. The molecule has 2 aromatic rings. The van der Waals surface area contributed by atoms with Crippen molar-refractivity contribution in [1.82, 2.24) is 5.01 Å². The number of nitrogens with zero attached hydrogens (tertiary/aromatic N) is 3. The summed E-state index contributed by atoms with van der Waals surface area (Å²) in [6.07, 6.45) is -0.359. The molecule has 0 bridgehead atoms. The monoisotopic (exact) mass is 396 g/mol. The summed E-state index contributed by atoms with van der Waals surface area (Å²) in [6, 6.07) is 12.6. The number of nitro groups is 1. The lowest BCUT2D eigenvalue weighted by Gasteiger charge is -2.22. The summed E-state index contributed by atoms with van der Waals surface area (Å²) in [5, 5.41) is 27.5. The van der Waals surface area contributed by atoms with E-state index in [0.29, 0.717) is 23.4 Å². The van der Waals surface area contributed by atoms with E-state index in [1.807, 2.05) is 0 Å². The second kappa shape index (κ2) is 8.51. The third kappa shape index (κ3) is 4.57. The first kappa shape index (κ1) is 20.0. The largest absolute Gasteiger partial charge is 0.550 e. The lowest BCUT2D eigenvalue weighted by molar-refractivity contribution is -0.385. The zero-order valence-electron chi connectivity index (χ0n) is 15.6. The summed E-state index contributed by atoms with van der Waals surface area (Å²) in [5.41, 5.74) is 1.85. The molecule has 1 heterocycles. The van der Waals surface area contributed by atoms with Gasteiger partial charge in [-0.15, -0.1) is 0 Å². The number of carbonyl (C=O) groups excluding carboxylic acids is 2. The molecule has 1 amide bonds. The zero-order valence-corrected chi connectivity index (χ0v) is 15.6. The summed E-state index contributed by atoms with van der Waals surface area (Å²) >= 11 is 0. The van der Waals surface area contributed by atoms with E-state index in [2.05, 4.69) is 5.10 Å². The molecule has 1 aliphatic rings. The van der Waals surface area contributed by atoms with Crippen molar-refractivity contribution in [3.8, 4) is 5.75 Å². The fourth-order valence-electron chi connectivity index (χ4n) is 3.13. The Labute approximate surface area is 166 Å². The summed E-state index contributed by atoms with van der Waals surface area (Å²) in [7, 11) is 1.55. The lowest BCUT2D eigenvalue weighted by atomic mass is 9.98. The van der Waals surface area contributed by atoms with E-state index < -0.39 is 29.3 Å². The van der Waals surface area contributed by atoms with E-state index in [4.69, 9.17) is 4.74 Å². The van der Waals surface area contributed by atoms with Crippen molar-refractivity contribution in [2.45, 2.75) is 25.3 Å². The van der Waals surface area contributed by atoms with Crippen LogP contribution in [0.1, 0.15) is 36.4 Å². The number of aliphatic carboxylic acids is 1. The molecular formula is C20H18N3O6-. The number of amides is 1. The van der Waals surface area contributed by atoms with Gasteiger partial charge in [0.1, 0.15) is 5.75 Å². The maximum Gasteiger partial charge on any atom is 0.269 e. The standard InChI is InChI=1S/C20H19N3O6/c1-29-16-7-5-13(6-8-16)17-12-18(14-3-2-4-15(11-14)23(27)28)22(21-17)19(24)9-10-20(25)26/h2-8,11,18H,9-10,12H2,1H3,(H,25,26)/p-1/t18-/m0/s1. The Balaban J connectivity index is 1.93. The fourth-order valence-corrected chi connectivity index (χ4v) is 3.13. The van der Waals surface area contributed by atoms with Crippen LogP contribution >= 0.6 is 0 Å². The molecular weight excluding hydrogens is 378 g/mol. The third-order valence-corrected chi connectivity index (χ3v) is 4.60. The highest BCUT2D eigenvalue weighted by Crippen LogP contribution is 2.35. The van der Waals surface area contributed by atoms with Crippen LogP contribution in [0.2, 0.25) is 0 Å². The SMILES string of the molecule is COc1ccc(C2=NN(C(=O)CCC(=O)[O-])[C@H](c3cccc([N+](=O)[O-])c3)C2)cc1. The molecule has 1 aliphatic heterocycles. The van der Waals surface area contributed by atoms with E-state index in [1.165, 1.54) is 17.1 Å². The molecule has 150 valence electrons. The van der Waals surface area contributed by atoms with E-state index in [0.717, 1.165) is 5.56 Å². The normalized spacial score (nSPS) is 15.7. The van der Waals surface area contributed by atoms with Gasteiger partial charge in [-0.3, -0.25) is 14.9 Å². The lowest BCUT2D eigenvalue weighted by Crippen LogP contribution is -2.29. The number of carbonyl (C=O) groups is 2. The number of ether oxygens (including phenoxy) is 1. The first-order valence-corrected chi connectivity index (χ1v) is 8.87. The molecule has 0 unspecified atom stereocenters. The number of carboxylic acid groups (broad SMARTS) is 1. The summed E-state index contributed by atoms with van der Waals surface area (Å²) < 4.78 is 5.14. The summed E-state index contributed by atoms with van der Waals surface area (Å²) in [6.45, 7) is 0. The predicted molar refractivity (Wildman–Crippen MR) is 101 cm³/mol. The van der Waals surface area contributed by atoms with Crippen molar-refractivity contribution in [1.29, 1.82) is 0 Å². The van der Waals surface area contributed by atoms with Crippen LogP contribution in [0.25, 0.3) is 0 Å². The Morgan fingerprint density at radius 2 is 1.93 bits per heavy atom. The molecule has 0 fully saturated rings. The molecule has 9 nitrogen and oxygen atoms in total. The van der Waals surface area contributed by atoms with Crippen molar-refractivity contribution < 1.29 is 24.4 Å². The average Bonchev–Trinajstić information content (AvgIpc) is 3.17. The van der Waals surface area contributed by atoms with Crippen molar-refractivity contribution in [3.05, 3.63) is 69.8 Å². The van der Waals surface area contributed by atoms with Gasteiger partial charge < -0.3 is 14.6 Å². The highest BCUT2D eigenvalue weighted by atomic mass is 16.6. The molecule has 2 aromatic carbocycles. The zero-order chi connectivity index (χ0) is 21.0. The molecule has 3 rings (SSSR count). The Morgan fingerprint density at radius 3 is 2.55 bits per heavy atom. The van der Waals surface area contributed by atoms with Gasteiger partial charge in [-0.2, -0.15) is 5.10 Å². The van der Waals surface area contributed by atoms with Crippen LogP contribution < -0.4 is 9.84 Å². The van der Waals surface area contributed by atoms with Crippen LogP contribution in [0.5, 0.6) is 5.75 Å². The predicted octanol–water partition coefficient (Wildman–Crippen LogP) is 1.81. The van der Waals surface area contributed by atoms with E-state index >= 15 is 0 Å². The van der Waals surface area contributed by atoms with Crippen molar-refractivity contribution >= 4 is 23.3 Å². The molecule has 1 atom stereocenters. The Hall–Kier alpha value is -3.75. The van der Waals surface area contributed by atoms with Crippen LogP contribution in [-0.2, 0) is 9.59 Å². The third-order valence-electron chi connectivity index (χ3n) is 4.60. The maximum atomic E-state index is 12.6. The minimum atomic E-state index is -1.33. The number of benzene rings is 2. The minimum absolute atomic E-state index is 0.0949. The second-order valence-corrected chi connectivity index (χ2v) is 6.46. The first-order chi connectivity index (χ1) is 13.9. The quantitative estimate of drug-likeness (QED) is 0.519. The minimum Gasteiger partial charge on any atom is -0.550 e. The number of hydrogen-bond acceptors (Lipinski definition) is 7. The van der Waals surface area contributed by atoms with Crippen molar-refractivity contribution in [3.63, 3.8) is 0 Å². The molecule has 0 N–H and O–H groups in total. The molecule has 0 aliphatic carbocycles. The van der Waals surface area contributed by atoms with E-state index in [-0.39, 0.29) is 12.1 Å². The number of carboxylic acids is 1. The number of rotatable bonds is 7. The van der Waals surface area contributed by atoms with Gasteiger partial charge in [-0.1, -0.05) is 12.1 Å². The molecule has 0 saturated carbocycles. The van der Waals surface area contributed by atoms with Crippen LogP contribution in [0.3, 0.4) is 0 Å². The van der Waals surface area contributed by atoms with E-state index in [1.54, 1.807) is 43.5 Å². The molecule has 0 spiro atoms. The van der Waals surface area contributed by atoms with Gasteiger partial charge in [-0.25, -0.2) is 5.01 Å². The fraction of sp³-hybridized carbons (Fsp3) is 0.250. The summed E-state index contributed by atoms with van der Waals surface area (Å²) in [5.74, 6) is -1.15. The number of hydrogen-bond donors (Lipinski definition) is 0. The van der Waals surface area contributed by atoms with Gasteiger partial charge in [0.25, 0.3) is 5.69 Å². The second-order valence-electron chi connectivity index (χ2n) is 6.46. The van der Waals surface area contributed by atoms with Crippen molar-refractivity contribution in [2.24, 2.45) is 5.10 Å². The number of non-ortho nitro benzene ring substituents is 1. The topological polar surface area (TPSA) is 125 Å². The van der Waals surface area contributed by atoms with Gasteiger partial charge in [0.15, 0.2) is 0 Å². The van der Waals surface area contributed by atoms with Crippen LogP contribution in [0, 0.1) is 10.1 Å². The van der Waals surface area contributed by atoms with Gasteiger partial charge in [0, 0.05) is 30.9 Å². The average molecular weight is 396 g/mol. The number of nitro benzene ring substituents is 1. The van der Waals surface area contributed by atoms with Gasteiger partial charge in [0.05, 0.1) is 23.8 Å². The first-order valence-electron chi connectivity index (χ1n) is 8.87. The van der Waals surface area contributed by atoms with Gasteiger partial charge in [-0.05, 0) is 41.8 Å². The molecule has 9 heteroatoms. The Bertz CT molecular complexity index is 970. The van der Waals surface area contributed by atoms with Crippen molar-refractivity contribution in [2.75, 3.05) is 7.11 Å². The Morgan fingerprint density at radius 1 is 1.21 bits per heavy atom. The van der Waals surface area contributed by atoms with Crippen LogP contribution in [-0.4, -0.2) is 34.6 Å². The van der Waals surface area contributed by atoms with Crippen LogP contribution in [0.15, 0.2) is 53.6 Å². The molecule has 0 aromatic heterocycles.